The maximum absolute atomic E-state index is 2.49. The van der Waals surface area contributed by atoms with Crippen LogP contribution in [0.1, 0.15) is 33.1 Å². The van der Waals surface area contributed by atoms with E-state index >= 15 is 0 Å². The van der Waals surface area contributed by atoms with E-state index in [4.69, 9.17) is 0 Å². The second-order valence-corrected chi connectivity index (χ2v) is 12.4. The van der Waals surface area contributed by atoms with Crippen molar-refractivity contribution < 1.29 is 0 Å². The van der Waals surface area contributed by atoms with Crippen molar-refractivity contribution in [3.8, 4) is 0 Å². The second kappa shape index (κ2) is 7.57. The summed E-state index contributed by atoms with van der Waals surface area (Å²) in [6.07, 6.45) is 8.87. The van der Waals surface area contributed by atoms with Crippen LogP contribution in [0.3, 0.4) is 0 Å². The Hall–Kier alpha value is -1.22. The number of rotatable bonds is 4. The molecule has 1 heterocycles. The van der Waals surface area contributed by atoms with E-state index in [9.17, 15) is 0 Å². The summed E-state index contributed by atoms with van der Waals surface area (Å²) in [7, 11) is -0.424. The van der Waals surface area contributed by atoms with Gasteiger partial charge in [0.1, 0.15) is 0 Å². The minimum absolute atomic E-state index is 0.0121. The van der Waals surface area contributed by atoms with Gasteiger partial charge in [-0.15, -0.1) is 0 Å². The van der Waals surface area contributed by atoms with Gasteiger partial charge in [-0.1, -0.05) is 94.6 Å². The molecule has 2 heteroatoms. The van der Waals surface area contributed by atoms with Gasteiger partial charge in [-0.2, -0.15) is 0 Å². The molecule has 1 aliphatic carbocycles. The highest BCUT2D eigenvalue weighted by molar-refractivity contribution is 7.78. The monoisotopic (exact) mass is 364 g/mol. The molecule has 0 unspecified atom stereocenters. The number of hydrogen-bond acceptors (Lipinski definition) is 0. The van der Waals surface area contributed by atoms with Gasteiger partial charge in [0.05, 0.1) is 0 Å². The van der Waals surface area contributed by atoms with Gasteiger partial charge in [-0.25, -0.2) is 0 Å². The summed E-state index contributed by atoms with van der Waals surface area (Å²) in [4.78, 5) is 0. The lowest BCUT2D eigenvalue weighted by atomic mass is 10.2. The molecule has 0 aromatic heterocycles. The van der Waals surface area contributed by atoms with Crippen molar-refractivity contribution >= 4 is 26.5 Å². The van der Waals surface area contributed by atoms with Crippen molar-refractivity contribution in [2.75, 3.05) is 0 Å². The van der Waals surface area contributed by atoms with E-state index in [1.807, 2.05) is 0 Å². The van der Waals surface area contributed by atoms with Crippen molar-refractivity contribution in [3.05, 3.63) is 83.4 Å². The number of hydrogen-bond donors (Lipinski definition) is 0. The van der Waals surface area contributed by atoms with Crippen LogP contribution in [0, 0.1) is 0 Å². The summed E-state index contributed by atoms with van der Waals surface area (Å²) >= 11 is 0. The van der Waals surface area contributed by atoms with Crippen LogP contribution in [-0.2, 0) is 0 Å². The summed E-state index contributed by atoms with van der Waals surface area (Å²) in [5.74, 6) is 0. The van der Waals surface area contributed by atoms with Crippen LogP contribution in [0.4, 0.5) is 0 Å². The lowest BCUT2D eigenvalue weighted by Crippen LogP contribution is -2.13. The van der Waals surface area contributed by atoms with Gasteiger partial charge in [-0.05, 0) is 59.7 Å². The van der Waals surface area contributed by atoms with Crippen molar-refractivity contribution in [2.24, 2.45) is 0 Å². The predicted molar refractivity (Wildman–Crippen MR) is 115 cm³/mol. The molecular weight excluding hydrogens is 338 g/mol. The van der Waals surface area contributed by atoms with Gasteiger partial charge in [0.15, 0.2) is 0 Å². The molecule has 1 saturated heterocycles. The van der Waals surface area contributed by atoms with E-state index in [2.05, 4.69) is 86.7 Å². The largest absolute Gasteiger partial charge is 0.0794 e. The fourth-order valence-electron chi connectivity index (χ4n) is 4.21. The molecule has 2 aromatic rings. The molecule has 0 saturated carbocycles. The highest BCUT2D eigenvalue weighted by Crippen LogP contribution is 2.66. The predicted octanol–water partition coefficient (Wildman–Crippen LogP) is 6.34. The highest BCUT2D eigenvalue weighted by Gasteiger charge is 2.35. The van der Waals surface area contributed by atoms with Crippen LogP contribution < -0.4 is 10.6 Å². The smallest absolute Gasteiger partial charge is 0.00770 e. The maximum Gasteiger partial charge on any atom is -0.00770 e. The average Bonchev–Trinajstić information content (AvgIpc) is 3.23. The topological polar surface area (TPSA) is 0 Å². The van der Waals surface area contributed by atoms with Gasteiger partial charge in [-0.3, -0.25) is 0 Å². The molecule has 0 nitrogen and oxygen atoms in total. The first-order valence-corrected chi connectivity index (χ1v) is 12.2. The van der Waals surface area contributed by atoms with E-state index in [0.717, 1.165) is 17.7 Å². The third-order valence-corrected chi connectivity index (χ3v) is 11.6. The van der Waals surface area contributed by atoms with Crippen LogP contribution in [0.15, 0.2) is 83.4 Å². The van der Waals surface area contributed by atoms with Crippen molar-refractivity contribution in [1.82, 2.24) is 0 Å². The second-order valence-electron chi connectivity index (χ2n) is 7.13. The molecule has 0 N–H and O–H groups in total. The SMILES string of the molecule is C[C@@H]1CC[C@@H](C)P1C1=C(P(c2ccccc2)c2ccccc2)CC=C1. The summed E-state index contributed by atoms with van der Waals surface area (Å²) < 4.78 is 0. The molecule has 1 fully saturated rings. The first-order valence-electron chi connectivity index (χ1n) is 9.34. The molecule has 2 aromatic carbocycles. The summed E-state index contributed by atoms with van der Waals surface area (Å²) in [5.41, 5.74) is 1.75. The van der Waals surface area contributed by atoms with E-state index in [1.165, 1.54) is 23.5 Å². The molecule has 2 atom stereocenters. The van der Waals surface area contributed by atoms with E-state index < -0.39 is 7.92 Å². The molecule has 4 rings (SSSR count). The third kappa shape index (κ3) is 3.40. The standard InChI is InChI=1S/C23H26P2/c1-18-16-17-19(2)24(18)22-14-9-15-23(22)25(20-10-5-3-6-11-20)21-12-7-4-8-13-21/h3-14,18-19H,15-17H2,1-2H3/t18-,19-/m1/s1. The third-order valence-electron chi connectivity index (χ3n) is 5.41. The molecule has 0 bridgehead atoms. The first kappa shape index (κ1) is 17.2. The van der Waals surface area contributed by atoms with Crippen molar-refractivity contribution in [2.45, 2.75) is 44.4 Å². The lowest BCUT2D eigenvalue weighted by molar-refractivity contribution is 0.777. The van der Waals surface area contributed by atoms with E-state index in [-0.39, 0.29) is 7.92 Å². The molecule has 25 heavy (non-hydrogen) atoms. The minimum Gasteiger partial charge on any atom is -0.0794 e. The summed E-state index contributed by atoms with van der Waals surface area (Å²) in [6, 6.07) is 22.4. The Morgan fingerprint density at radius 2 is 1.32 bits per heavy atom. The Labute approximate surface area is 154 Å². The van der Waals surface area contributed by atoms with Gasteiger partial charge < -0.3 is 0 Å². The van der Waals surface area contributed by atoms with Crippen LogP contribution in [0.5, 0.6) is 0 Å². The molecule has 0 radical (unpaired) electrons. The summed E-state index contributed by atoms with van der Waals surface area (Å²) in [5, 5.41) is 6.44. The quantitative estimate of drug-likeness (QED) is 0.555. The lowest BCUT2D eigenvalue weighted by Gasteiger charge is -2.28. The Bertz CT molecular complexity index is 727. The molecule has 1 aliphatic heterocycles. The van der Waals surface area contributed by atoms with Crippen LogP contribution in [0.25, 0.3) is 0 Å². The zero-order valence-electron chi connectivity index (χ0n) is 15.1. The zero-order chi connectivity index (χ0) is 17.2. The zero-order valence-corrected chi connectivity index (χ0v) is 16.9. The Morgan fingerprint density at radius 3 is 1.84 bits per heavy atom. The molecule has 0 amide bonds. The van der Waals surface area contributed by atoms with Gasteiger partial charge in [0.25, 0.3) is 0 Å². The fourth-order valence-corrected chi connectivity index (χ4v) is 10.6. The average molecular weight is 364 g/mol. The minimum atomic E-state index is -0.412. The van der Waals surface area contributed by atoms with Crippen LogP contribution >= 0.6 is 15.8 Å². The van der Waals surface area contributed by atoms with E-state index in [1.54, 1.807) is 10.6 Å². The molecule has 2 aliphatic rings. The van der Waals surface area contributed by atoms with Gasteiger partial charge >= 0.3 is 0 Å². The van der Waals surface area contributed by atoms with Crippen LogP contribution in [-0.4, -0.2) is 11.3 Å². The Morgan fingerprint density at radius 1 is 0.800 bits per heavy atom. The fraction of sp³-hybridized carbons (Fsp3) is 0.304. The Balaban J connectivity index is 1.83. The normalized spacial score (nSPS) is 23.8. The van der Waals surface area contributed by atoms with Gasteiger partial charge in [0, 0.05) is 0 Å². The molecular formula is C23H26P2. The first-order chi connectivity index (χ1) is 12.3. The maximum atomic E-state index is 2.49. The number of benzene rings is 2. The molecule has 128 valence electrons. The highest BCUT2D eigenvalue weighted by atomic mass is 31.1. The van der Waals surface area contributed by atoms with Gasteiger partial charge in [0.2, 0.25) is 0 Å². The Kier molecular flexibility index (Phi) is 5.21. The van der Waals surface area contributed by atoms with E-state index in [0.29, 0.717) is 0 Å². The van der Waals surface area contributed by atoms with Crippen molar-refractivity contribution in [3.63, 3.8) is 0 Å². The molecule has 0 spiro atoms. The van der Waals surface area contributed by atoms with Crippen LogP contribution in [0.2, 0.25) is 0 Å². The summed E-state index contributed by atoms with van der Waals surface area (Å²) in [6.45, 7) is 4.97. The van der Waals surface area contributed by atoms with Crippen molar-refractivity contribution in [1.29, 1.82) is 0 Å². The number of allylic oxidation sites excluding steroid dienone is 4.